The summed E-state index contributed by atoms with van der Waals surface area (Å²) in [5, 5.41) is 22.9. The van der Waals surface area contributed by atoms with Gasteiger partial charge >= 0.3 is 0 Å². The highest BCUT2D eigenvalue weighted by Crippen LogP contribution is 2.19. The van der Waals surface area contributed by atoms with Crippen molar-refractivity contribution in [2.24, 2.45) is 5.10 Å². The summed E-state index contributed by atoms with van der Waals surface area (Å²) in [6.07, 6.45) is 1.51. The summed E-state index contributed by atoms with van der Waals surface area (Å²) in [6, 6.07) is 11.8. The average molecular weight is 284 g/mol. The first kappa shape index (κ1) is 14.6. The molecular weight excluding hydrogens is 268 g/mol. The number of hydrazone groups is 1. The SMILES string of the molecule is Cc1cccc(/C=N/NC(=O)Cc2cccc(O)c2)c1O. The van der Waals surface area contributed by atoms with Crippen LogP contribution in [0.5, 0.6) is 11.5 Å². The fraction of sp³-hybridized carbons (Fsp3) is 0.125. The maximum Gasteiger partial charge on any atom is 0.244 e. The predicted molar refractivity (Wildman–Crippen MR) is 80.4 cm³/mol. The second-order valence-electron chi connectivity index (χ2n) is 4.65. The molecule has 1 amide bonds. The Labute approximate surface area is 122 Å². The lowest BCUT2D eigenvalue weighted by Gasteiger charge is -2.03. The van der Waals surface area contributed by atoms with Gasteiger partial charge in [0.1, 0.15) is 11.5 Å². The normalized spacial score (nSPS) is 10.7. The third-order valence-corrected chi connectivity index (χ3v) is 2.94. The molecular formula is C16H16N2O3. The van der Waals surface area contributed by atoms with E-state index in [4.69, 9.17) is 0 Å². The number of phenolic OH excluding ortho intramolecular Hbond substituents is 2. The monoisotopic (exact) mass is 284 g/mol. The summed E-state index contributed by atoms with van der Waals surface area (Å²) in [5.41, 5.74) is 4.35. The number of carbonyl (C=O) groups excluding carboxylic acids is 1. The number of nitrogens with one attached hydrogen (secondary N) is 1. The van der Waals surface area contributed by atoms with E-state index in [-0.39, 0.29) is 23.8 Å². The number of carbonyl (C=O) groups is 1. The lowest BCUT2D eigenvalue weighted by molar-refractivity contribution is -0.120. The first-order valence-electron chi connectivity index (χ1n) is 6.44. The van der Waals surface area contributed by atoms with E-state index in [1.807, 2.05) is 0 Å². The van der Waals surface area contributed by atoms with E-state index in [1.165, 1.54) is 12.3 Å². The minimum Gasteiger partial charge on any atom is -0.508 e. The highest BCUT2D eigenvalue weighted by Gasteiger charge is 2.03. The molecule has 0 unspecified atom stereocenters. The Hall–Kier alpha value is -2.82. The van der Waals surface area contributed by atoms with Crippen LogP contribution >= 0.6 is 0 Å². The van der Waals surface area contributed by atoms with Crippen LogP contribution in [0.3, 0.4) is 0 Å². The van der Waals surface area contributed by atoms with Crippen LogP contribution in [0, 0.1) is 6.92 Å². The number of amides is 1. The van der Waals surface area contributed by atoms with Gasteiger partial charge in [-0.25, -0.2) is 5.43 Å². The number of para-hydroxylation sites is 1. The van der Waals surface area contributed by atoms with Crippen molar-refractivity contribution in [2.45, 2.75) is 13.3 Å². The molecule has 0 saturated heterocycles. The molecule has 0 saturated carbocycles. The predicted octanol–water partition coefficient (Wildman–Crippen LogP) is 2.10. The van der Waals surface area contributed by atoms with Crippen LogP contribution < -0.4 is 5.43 Å². The molecule has 0 radical (unpaired) electrons. The number of aryl methyl sites for hydroxylation is 1. The van der Waals surface area contributed by atoms with E-state index >= 15 is 0 Å². The molecule has 5 nitrogen and oxygen atoms in total. The van der Waals surface area contributed by atoms with Gasteiger partial charge in [-0.15, -0.1) is 0 Å². The summed E-state index contributed by atoms with van der Waals surface area (Å²) in [4.78, 5) is 11.7. The molecule has 5 heteroatoms. The van der Waals surface area contributed by atoms with Crippen molar-refractivity contribution in [3.8, 4) is 11.5 Å². The Kier molecular flexibility index (Phi) is 4.56. The highest BCUT2D eigenvalue weighted by molar-refractivity contribution is 5.86. The lowest BCUT2D eigenvalue weighted by Crippen LogP contribution is -2.19. The van der Waals surface area contributed by atoms with Gasteiger partial charge in [0.25, 0.3) is 0 Å². The fourth-order valence-electron chi connectivity index (χ4n) is 1.85. The summed E-state index contributed by atoms with van der Waals surface area (Å²) < 4.78 is 0. The third kappa shape index (κ3) is 4.07. The zero-order valence-electron chi connectivity index (χ0n) is 11.6. The van der Waals surface area contributed by atoms with Crippen molar-refractivity contribution in [1.82, 2.24) is 5.43 Å². The van der Waals surface area contributed by atoms with Crippen LogP contribution in [-0.2, 0) is 11.2 Å². The minimum atomic E-state index is -0.302. The van der Waals surface area contributed by atoms with Crippen molar-refractivity contribution in [2.75, 3.05) is 0 Å². The number of hydrogen-bond donors (Lipinski definition) is 3. The highest BCUT2D eigenvalue weighted by atomic mass is 16.3. The number of benzene rings is 2. The van der Waals surface area contributed by atoms with E-state index in [2.05, 4.69) is 10.5 Å². The van der Waals surface area contributed by atoms with Gasteiger partial charge in [0.05, 0.1) is 12.6 Å². The summed E-state index contributed by atoms with van der Waals surface area (Å²) in [7, 11) is 0. The van der Waals surface area contributed by atoms with Crippen LogP contribution in [0.25, 0.3) is 0 Å². The zero-order valence-corrected chi connectivity index (χ0v) is 11.6. The molecule has 108 valence electrons. The van der Waals surface area contributed by atoms with Gasteiger partial charge in [-0.3, -0.25) is 4.79 Å². The van der Waals surface area contributed by atoms with Crippen LogP contribution in [0.1, 0.15) is 16.7 Å². The molecule has 0 aliphatic rings. The molecule has 2 aromatic rings. The van der Waals surface area contributed by atoms with Crippen LogP contribution in [0.15, 0.2) is 47.6 Å². The van der Waals surface area contributed by atoms with Crippen LogP contribution in [0.2, 0.25) is 0 Å². The molecule has 21 heavy (non-hydrogen) atoms. The van der Waals surface area contributed by atoms with Gasteiger partial charge in [-0.05, 0) is 36.2 Å². The van der Waals surface area contributed by atoms with Crippen molar-refractivity contribution in [3.05, 3.63) is 59.2 Å². The van der Waals surface area contributed by atoms with Gasteiger partial charge < -0.3 is 10.2 Å². The van der Waals surface area contributed by atoms with Crippen molar-refractivity contribution >= 4 is 12.1 Å². The average Bonchev–Trinajstić information content (AvgIpc) is 2.43. The molecule has 3 N–H and O–H groups in total. The number of phenols is 2. The molecule has 0 aliphatic carbocycles. The summed E-state index contributed by atoms with van der Waals surface area (Å²) in [5.74, 6) is -0.0408. The maximum absolute atomic E-state index is 11.7. The second-order valence-corrected chi connectivity index (χ2v) is 4.65. The van der Waals surface area contributed by atoms with Gasteiger partial charge in [0.2, 0.25) is 5.91 Å². The van der Waals surface area contributed by atoms with Gasteiger partial charge in [0.15, 0.2) is 0 Å². The quantitative estimate of drug-likeness (QED) is 0.594. The first-order chi connectivity index (χ1) is 10.1. The van der Waals surface area contributed by atoms with Crippen molar-refractivity contribution in [1.29, 1.82) is 0 Å². The standard InChI is InChI=1S/C16H16N2O3/c1-11-4-2-6-13(16(11)21)10-17-18-15(20)9-12-5-3-7-14(19)8-12/h2-8,10,19,21H,9H2,1H3,(H,18,20)/b17-10+. The van der Waals surface area contributed by atoms with E-state index in [0.717, 1.165) is 5.56 Å². The Bertz CT molecular complexity index is 681. The van der Waals surface area contributed by atoms with Gasteiger partial charge in [0, 0.05) is 5.56 Å². The van der Waals surface area contributed by atoms with Gasteiger partial charge in [-0.2, -0.15) is 5.10 Å². The van der Waals surface area contributed by atoms with Crippen LogP contribution in [-0.4, -0.2) is 22.3 Å². The molecule has 0 bridgehead atoms. The third-order valence-electron chi connectivity index (χ3n) is 2.94. The molecule has 2 aromatic carbocycles. The molecule has 0 aliphatic heterocycles. The Morgan fingerprint density at radius 2 is 2.00 bits per heavy atom. The van der Waals surface area contributed by atoms with Crippen molar-refractivity contribution in [3.63, 3.8) is 0 Å². The van der Waals surface area contributed by atoms with E-state index in [1.54, 1.807) is 43.3 Å². The first-order valence-corrected chi connectivity index (χ1v) is 6.44. The smallest absolute Gasteiger partial charge is 0.244 e. The molecule has 0 aromatic heterocycles. The topological polar surface area (TPSA) is 81.9 Å². The molecule has 0 spiro atoms. The van der Waals surface area contributed by atoms with E-state index in [9.17, 15) is 15.0 Å². The Morgan fingerprint density at radius 3 is 2.76 bits per heavy atom. The molecule has 0 fully saturated rings. The van der Waals surface area contributed by atoms with Crippen LogP contribution in [0.4, 0.5) is 0 Å². The second kappa shape index (κ2) is 6.56. The molecule has 2 rings (SSSR count). The van der Waals surface area contributed by atoms with E-state index in [0.29, 0.717) is 11.1 Å². The van der Waals surface area contributed by atoms with E-state index < -0.39 is 0 Å². The number of nitrogens with zero attached hydrogens (tertiary/aromatic N) is 1. The summed E-state index contributed by atoms with van der Waals surface area (Å²) in [6.45, 7) is 1.78. The Morgan fingerprint density at radius 1 is 1.24 bits per heavy atom. The molecule has 0 atom stereocenters. The Balaban J connectivity index is 1.95. The van der Waals surface area contributed by atoms with Crippen molar-refractivity contribution < 1.29 is 15.0 Å². The minimum absolute atomic E-state index is 0.117. The maximum atomic E-state index is 11.7. The fourth-order valence-corrected chi connectivity index (χ4v) is 1.85. The number of aromatic hydroxyl groups is 2. The number of rotatable bonds is 4. The lowest BCUT2D eigenvalue weighted by atomic mass is 10.1. The summed E-state index contributed by atoms with van der Waals surface area (Å²) >= 11 is 0. The van der Waals surface area contributed by atoms with Gasteiger partial charge in [-0.1, -0.05) is 24.3 Å². The zero-order chi connectivity index (χ0) is 15.2. The molecule has 0 heterocycles. The number of hydrogen-bond acceptors (Lipinski definition) is 4. The largest absolute Gasteiger partial charge is 0.508 e.